The monoisotopic (exact) mass is 376 g/mol. The van der Waals surface area contributed by atoms with Gasteiger partial charge in [-0.3, -0.25) is 9.67 Å². The third-order valence-electron chi connectivity index (χ3n) is 5.10. The molecule has 142 valence electrons. The lowest BCUT2D eigenvalue weighted by Crippen LogP contribution is -2.24. The SMILES string of the molecule is O[C@@H](COC1CCC1)c1cnc2c(ccn2-c2cccc(-c3ncn[nH]3)c2)n1. The van der Waals surface area contributed by atoms with Crippen molar-refractivity contribution in [3.8, 4) is 17.1 Å². The highest BCUT2D eigenvalue weighted by Gasteiger charge is 2.20. The van der Waals surface area contributed by atoms with Gasteiger partial charge < -0.3 is 9.84 Å². The van der Waals surface area contributed by atoms with Gasteiger partial charge in [0.25, 0.3) is 0 Å². The molecule has 4 aromatic rings. The van der Waals surface area contributed by atoms with Gasteiger partial charge >= 0.3 is 0 Å². The minimum absolute atomic E-state index is 0.255. The largest absolute Gasteiger partial charge is 0.384 e. The molecule has 1 aliphatic rings. The Morgan fingerprint density at radius 3 is 2.96 bits per heavy atom. The van der Waals surface area contributed by atoms with E-state index in [1.165, 1.54) is 12.7 Å². The molecule has 5 rings (SSSR count). The van der Waals surface area contributed by atoms with Gasteiger partial charge in [0.1, 0.15) is 17.9 Å². The molecular formula is C20H20N6O2. The van der Waals surface area contributed by atoms with Gasteiger partial charge in [-0.1, -0.05) is 12.1 Å². The first kappa shape index (κ1) is 17.0. The number of ether oxygens (including phenoxy) is 1. The molecule has 0 amide bonds. The summed E-state index contributed by atoms with van der Waals surface area (Å²) in [5, 5.41) is 17.1. The molecular weight excluding hydrogens is 356 g/mol. The van der Waals surface area contributed by atoms with E-state index in [0.29, 0.717) is 11.5 Å². The van der Waals surface area contributed by atoms with Crippen molar-refractivity contribution in [3.05, 3.63) is 54.7 Å². The minimum atomic E-state index is -0.768. The zero-order valence-corrected chi connectivity index (χ0v) is 15.2. The summed E-state index contributed by atoms with van der Waals surface area (Å²) >= 11 is 0. The second kappa shape index (κ2) is 7.14. The summed E-state index contributed by atoms with van der Waals surface area (Å²) < 4.78 is 7.65. The first-order valence-corrected chi connectivity index (χ1v) is 9.38. The Hall–Kier alpha value is -3.10. The third kappa shape index (κ3) is 3.17. The van der Waals surface area contributed by atoms with Gasteiger partial charge in [-0.2, -0.15) is 5.10 Å². The number of aromatic nitrogens is 6. The number of H-pyrrole nitrogens is 1. The van der Waals surface area contributed by atoms with Crippen molar-refractivity contribution in [1.29, 1.82) is 0 Å². The maximum atomic E-state index is 10.4. The molecule has 1 saturated carbocycles. The van der Waals surface area contributed by atoms with Crippen LogP contribution in [0, 0.1) is 0 Å². The van der Waals surface area contributed by atoms with Crippen LogP contribution in [0.2, 0.25) is 0 Å². The van der Waals surface area contributed by atoms with Crippen LogP contribution in [0.15, 0.2) is 49.1 Å². The highest BCUT2D eigenvalue weighted by molar-refractivity contribution is 5.74. The molecule has 1 atom stereocenters. The lowest BCUT2D eigenvalue weighted by molar-refractivity contribution is -0.0437. The second-order valence-corrected chi connectivity index (χ2v) is 6.98. The number of aliphatic hydroxyl groups excluding tert-OH is 1. The van der Waals surface area contributed by atoms with Gasteiger partial charge in [0.2, 0.25) is 0 Å². The number of fused-ring (bicyclic) bond motifs is 1. The Morgan fingerprint density at radius 1 is 1.25 bits per heavy atom. The molecule has 0 spiro atoms. The highest BCUT2D eigenvalue weighted by Crippen LogP contribution is 2.25. The van der Waals surface area contributed by atoms with Crippen LogP contribution >= 0.6 is 0 Å². The third-order valence-corrected chi connectivity index (χ3v) is 5.10. The molecule has 0 saturated heterocycles. The normalized spacial score (nSPS) is 15.6. The van der Waals surface area contributed by atoms with E-state index in [9.17, 15) is 5.11 Å². The number of nitrogens with zero attached hydrogens (tertiary/aromatic N) is 5. The molecule has 0 aliphatic heterocycles. The van der Waals surface area contributed by atoms with Gasteiger partial charge in [0, 0.05) is 17.4 Å². The number of aliphatic hydroxyl groups is 1. The fraction of sp³-hybridized carbons (Fsp3) is 0.300. The van der Waals surface area contributed by atoms with Gasteiger partial charge in [-0.05, 0) is 37.5 Å². The summed E-state index contributed by atoms with van der Waals surface area (Å²) in [6.07, 6.45) is 7.90. The molecule has 1 aliphatic carbocycles. The zero-order chi connectivity index (χ0) is 18.9. The van der Waals surface area contributed by atoms with Crippen LogP contribution in [0.3, 0.4) is 0 Å². The molecule has 2 N–H and O–H groups in total. The number of benzene rings is 1. The smallest absolute Gasteiger partial charge is 0.163 e. The summed E-state index contributed by atoms with van der Waals surface area (Å²) in [5.41, 5.74) is 3.86. The summed E-state index contributed by atoms with van der Waals surface area (Å²) in [6, 6.07) is 9.83. The van der Waals surface area contributed by atoms with E-state index in [2.05, 4.69) is 25.1 Å². The summed E-state index contributed by atoms with van der Waals surface area (Å²) in [6.45, 7) is 0.255. The summed E-state index contributed by atoms with van der Waals surface area (Å²) in [5.74, 6) is 0.710. The van der Waals surface area contributed by atoms with Crippen LogP contribution in [0.4, 0.5) is 0 Å². The van der Waals surface area contributed by atoms with E-state index in [4.69, 9.17) is 4.74 Å². The number of aromatic amines is 1. The molecule has 0 bridgehead atoms. The Labute approximate surface area is 161 Å². The van der Waals surface area contributed by atoms with Crippen molar-refractivity contribution in [3.63, 3.8) is 0 Å². The number of hydrogen-bond donors (Lipinski definition) is 2. The maximum absolute atomic E-state index is 10.4. The van der Waals surface area contributed by atoms with Crippen LogP contribution in [-0.2, 0) is 4.74 Å². The van der Waals surface area contributed by atoms with E-state index in [1.54, 1.807) is 6.20 Å². The molecule has 0 radical (unpaired) electrons. The highest BCUT2D eigenvalue weighted by atomic mass is 16.5. The average Bonchev–Trinajstić information content (AvgIpc) is 3.36. The van der Waals surface area contributed by atoms with Crippen molar-refractivity contribution in [2.24, 2.45) is 0 Å². The Morgan fingerprint density at radius 2 is 2.18 bits per heavy atom. The molecule has 1 aromatic carbocycles. The fourth-order valence-electron chi connectivity index (χ4n) is 3.29. The quantitative estimate of drug-likeness (QED) is 0.536. The number of rotatable bonds is 6. The Balaban J connectivity index is 1.41. The summed E-state index contributed by atoms with van der Waals surface area (Å²) in [7, 11) is 0. The van der Waals surface area contributed by atoms with E-state index in [0.717, 1.165) is 35.3 Å². The Bertz CT molecular complexity index is 1090. The molecule has 0 unspecified atom stereocenters. The predicted molar refractivity (Wildman–Crippen MR) is 103 cm³/mol. The topological polar surface area (TPSA) is 102 Å². The zero-order valence-electron chi connectivity index (χ0n) is 15.2. The van der Waals surface area contributed by atoms with Crippen LogP contribution in [-0.4, -0.2) is 47.5 Å². The van der Waals surface area contributed by atoms with Crippen LogP contribution in [0.25, 0.3) is 28.2 Å². The average molecular weight is 376 g/mol. The van der Waals surface area contributed by atoms with Gasteiger partial charge in [0.15, 0.2) is 11.5 Å². The van der Waals surface area contributed by atoms with E-state index < -0.39 is 6.10 Å². The van der Waals surface area contributed by atoms with Crippen molar-refractivity contribution in [2.45, 2.75) is 31.5 Å². The lowest BCUT2D eigenvalue weighted by atomic mass is 9.96. The standard InChI is InChI=1S/C20H20N6O2/c27-18(11-28-15-5-2-6-15)17-10-21-20-16(24-17)7-8-26(20)14-4-1-3-13(9-14)19-22-12-23-25-19/h1,3-4,7-10,12,15,18,27H,2,5-6,11H2,(H,22,23,25)/t18-/m0/s1. The van der Waals surface area contributed by atoms with E-state index in [1.807, 2.05) is 41.1 Å². The van der Waals surface area contributed by atoms with Crippen molar-refractivity contribution in [1.82, 2.24) is 29.7 Å². The second-order valence-electron chi connectivity index (χ2n) is 6.98. The fourth-order valence-corrected chi connectivity index (χ4v) is 3.29. The number of nitrogens with one attached hydrogen (secondary N) is 1. The minimum Gasteiger partial charge on any atom is -0.384 e. The van der Waals surface area contributed by atoms with Crippen LogP contribution < -0.4 is 0 Å². The predicted octanol–water partition coefficient (Wildman–Crippen LogP) is 2.81. The molecule has 8 nitrogen and oxygen atoms in total. The van der Waals surface area contributed by atoms with Crippen LogP contribution in [0.5, 0.6) is 0 Å². The molecule has 3 heterocycles. The molecule has 28 heavy (non-hydrogen) atoms. The lowest BCUT2D eigenvalue weighted by Gasteiger charge is -2.26. The van der Waals surface area contributed by atoms with Gasteiger partial charge in [-0.15, -0.1) is 0 Å². The van der Waals surface area contributed by atoms with Crippen molar-refractivity contribution in [2.75, 3.05) is 6.61 Å². The van der Waals surface area contributed by atoms with Gasteiger partial charge in [0.05, 0.1) is 24.6 Å². The van der Waals surface area contributed by atoms with E-state index in [-0.39, 0.29) is 12.7 Å². The van der Waals surface area contributed by atoms with E-state index >= 15 is 0 Å². The first-order valence-electron chi connectivity index (χ1n) is 9.38. The number of hydrogen-bond acceptors (Lipinski definition) is 6. The molecule has 8 heteroatoms. The first-order chi connectivity index (χ1) is 13.8. The summed E-state index contributed by atoms with van der Waals surface area (Å²) in [4.78, 5) is 13.3. The van der Waals surface area contributed by atoms with Crippen molar-refractivity contribution < 1.29 is 9.84 Å². The maximum Gasteiger partial charge on any atom is 0.163 e. The van der Waals surface area contributed by atoms with Crippen LogP contribution in [0.1, 0.15) is 31.1 Å². The Kier molecular flexibility index (Phi) is 4.34. The van der Waals surface area contributed by atoms with Gasteiger partial charge in [-0.25, -0.2) is 15.0 Å². The molecule has 3 aromatic heterocycles. The molecule has 1 fully saturated rings. The van der Waals surface area contributed by atoms with Crippen molar-refractivity contribution >= 4 is 11.2 Å².